The lowest BCUT2D eigenvalue weighted by atomic mass is 9.81. The topological polar surface area (TPSA) is 77.4 Å². The SMILES string of the molecule is CC(C)/C=C/CC(C(=O)[O-])C(C(=O)O)C(C)C. The quantitative estimate of drug-likeness (QED) is 0.682. The molecule has 0 amide bonds. The number of carboxylic acids is 2. The van der Waals surface area contributed by atoms with Crippen LogP contribution in [0.1, 0.15) is 34.1 Å². The van der Waals surface area contributed by atoms with Crippen LogP contribution in [0.4, 0.5) is 0 Å². The summed E-state index contributed by atoms with van der Waals surface area (Å²) in [6.07, 6.45) is 3.80. The number of rotatable bonds is 7. The molecule has 0 aliphatic rings. The van der Waals surface area contributed by atoms with Gasteiger partial charge in [-0.2, -0.15) is 0 Å². The van der Waals surface area contributed by atoms with Crippen molar-refractivity contribution in [2.24, 2.45) is 23.7 Å². The van der Waals surface area contributed by atoms with Gasteiger partial charge in [-0.15, -0.1) is 0 Å². The van der Waals surface area contributed by atoms with E-state index in [1.54, 1.807) is 19.9 Å². The number of allylic oxidation sites excluding steroid dienone is 2. The van der Waals surface area contributed by atoms with Gasteiger partial charge in [-0.3, -0.25) is 4.79 Å². The van der Waals surface area contributed by atoms with Crippen molar-refractivity contribution in [2.45, 2.75) is 34.1 Å². The van der Waals surface area contributed by atoms with Gasteiger partial charge in [0, 0.05) is 11.9 Å². The van der Waals surface area contributed by atoms with E-state index in [0.717, 1.165) is 0 Å². The molecule has 4 nitrogen and oxygen atoms in total. The molecule has 0 fully saturated rings. The average Bonchev–Trinajstić information content (AvgIpc) is 2.13. The highest BCUT2D eigenvalue weighted by molar-refractivity contribution is 5.79. The van der Waals surface area contributed by atoms with Crippen molar-refractivity contribution in [1.29, 1.82) is 0 Å². The van der Waals surface area contributed by atoms with E-state index < -0.39 is 23.8 Å². The Kier molecular flexibility index (Phi) is 6.54. The molecular formula is C13H21O4-. The van der Waals surface area contributed by atoms with Gasteiger partial charge in [0.15, 0.2) is 0 Å². The third-order valence-electron chi connectivity index (χ3n) is 2.65. The van der Waals surface area contributed by atoms with Crippen molar-refractivity contribution < 1.29 is 19.8 Å². The predicted octanol–water partition coefficient (Wildman–Crippen LogP) is 1.31. The average molecular weight is 241 g/mol. The van der Waals surface area contributed by atoms with Crippen molar-refractivity contribution in [3.63, 3.8) is 0 Å². The number of aliphatic carboxylic acids is 2. The summed E-state index contributed by atoms with van der Waals surface area (Å²) in [4.78, 5) is 22.1. The third kappa shape index (κ3) is 5.52. The lowest BCUT2D eigenvalue weighted by Crippen LogP contribution is -2.41. The molecule has 1 N–H and O–H groups in total. The van der Waals surface area contributed by atoms with E-state index in [0.29, 0.717) is 5.92 Å². The van der Waals surface area contributed by atoms with Crippen molar-refractivity contribution in [2.75, 3.05) is 0 Å². The van der Waals surface area contributed by atoms with Crippen LogP contribution < -0.4 is 5.11 Å². The molecule has 0 bridgehead atoms. The molecule has 0 heterocycles. The highest BCUT2D eigenvalue weighted by atomic mass is 16.4. The van der Waals surface area contributed by atoms with E-state index in [9.17, 15) is 14.7 Å². The molecule has 98 valence electrons. The molecule has 2 atom stereocenters. The Morgan fingerprint density at radius 3 is 2.06 bits per heavy atom. The molecule has 0 aromatic rings. The van der Waals surface area contributed by atoms with Gasteiger partial charge in [0.1, 0.15) is 0 Å². The van der Waals surface area contributed by atoms with Crippen LogP contribution in [0, 0.1) is 23.7 Å². The molecule has 0 aliphatic heterocycles. The minimum atomic E-state index is -1.29. The molecular weight excluding hydrogens is 220 g/mol. The zero-order chi connectivity index (χ0) is 13.6. The summed E-state index contributed by atoms with van der Waals surface area (Å²) in [6.45, 7) is 7.37. The molecule has 0 saturated heterocycles. The van der Waals surface area contributed by atoms with Crippen molar-refractivity contribution >= 4 is 11.9 Å². The van der Waals surface area contributed by atoms with Gasteiger partial charge in [-0.05, 0) is 18.3 Å². The maximum Gasteiger partial charge on any atom is 0.307 e. The van der Waals surface area contributed by atoms with Gasteiger partial charge in [-0.1, -0.05) is 39.8 Å². The summed E-state index contributed by atoms with van der Waals surface area (Å²) >= 11 is 0. The maximum absolute atomic E-state index is 11.1. The molecule has 0 spiro atoms. The first kappa shape index (κ1) is 15.7. The minimum absolute atomic E-state index is 0.204. The van der Waals surface area contributed by atoms with Crippen LogP contribution in [0.25, 0.3) is 0 Å². The van der Waals surface area contributed by atoms with Crippen molar-refractivity contribution in [3.8, 4) is 0 Å². The molecule has 4 heteroatoms. The molecule has 0 aromatic carbocycles. The van der Waals surface area contributed by atoms with Gasteiger partial charge in [0.25, 0.3) is 0 Å². The zero-order valence-corrected chi connectivity index (χ0v) is 10.8. The molecule has 0 saturated carbocycles. The van der Waals surface area contributed by atoms with Crippen LogP contribution in [0.3, 0.4) is 0 Å². The lowest BCUT2D eigenvalue weighted by Gasteiger charge is -2.26. The van der Waals surface area contributed by atoms with Gasteiger partial charge in [0.2, 0.25) is 0 Å². The van der Waals surface area contributed by atoms with E-state index in [4.69, 9.17) is 5.11 Å². The van der Waals surface area contributed by atoms with Crippen LogP contribution >= 0.6 is 0 Å². The first-order valence-electron chi connectivity index (χ1n) is 5.87. The first-order chi connectivity index (χ1) is 7.77. The Balaban J connectivity index is 4.82. The Bertz CT molecular complexity index is 292. The summed E-state index contributed by atoms with van der Waals surface area (Å²) in [5.74, 6) is -4.16. The standard InChI is InChI=1S/C13H22O4/c1-8(2)6-5-7-10(12(14)15)11(9(3)4)13(16)17/h5-6,8-11H,7H2,1-4H3,(H,14,15)(H,16,17)/p-1/b6-5+. The summed E-state index contributed by atoms with van der Waals surface area (Å²) in [5.41, 5.74) is 0. The molecule has 2 unspecified atom stereocenters. The van der Waals surface area contributed by atoms with E-state index >= 15 is 0 Å². The van der Waals surface area contributed by atoms with E-state index in [1.165, 1.54) is 0 Å². The van der Waals surface area contributed by atoms with Crippen LogP contribution in [-0.2, 0) is 9.59 Å². The lowest BCUT2D eigenvalue weighted by molar-refractivity contribution is -0.313. The van der Waals surface area contributed by atoms with Crippen molar-refractivity contribution in [3.05, 3.63) is 12.2 Å². The summed E-state index contributed by atoms with van der Waals surface area (Å²) < 4.78 is 0. The molecule has 0 rings (SSSR count). The normalized spacial score (nSPS) is 15.4. The van der Waals surface area contributed by atoms with Crippen LogP contribution in [-0.4, -0.2) is 17.0 Å². The van der Waals surface area contributed by atoms with Crippen LogP contribution in [0.15, 0.2) is 12.2 Å². The second-order valence-corrected chi connectivity index (χ2v) is 4.94. The zero-order valence-electron chi connectivity index (χ0n) is 10.8. The van der Waals surface area contributed by atoms with Crippen LogP contribution in [0.5, 0.6) is 0 Å². The molecule has 0 radical (unpaired) electrons. The predicted molar refractivity (Wildman–Crippen MR) is 63.1 cm³/mol. The number of hydrogen-bond acceptors (Lipinski definition) is 3. The molecule has 0 aliphatic carbocycles. The number of carboxylic acid groups (broad SMARTS) is 2. The Morgan fingerprint density at radius 1 is 1.24 bits per heavy atom. The highest BCUT2D eigenvalue weighted by Gasteiger charge is 2.31. The first-order valence-corrected chi connectivity index (χ1v) is 5.87. The number of carbonyl (C=O) groups excluding carboxylic acids is 1. The van der Waals surface area contributed by atoms with E-state index in [1.807, 2.05) is 19.9 Å². The monoisotopic (exact) mass is 241 g/mol. The largest absolute Gasteiger partial charge is 0.550 e. The maximum atomic E-state index is 11.1. The number of carbonyl (C=O) groups is 2. The smallest absolute Gasteiger partial charge is 0.307 e. The van der Waals surface area contributed by atoms with E-state index in [-0.39, 0.29) is 12.3 Å². The van der Waals surface area contributed by atoms with Gasteiger partial charge < -0.3 is 15.0 Å². The molecule has 0 aromatic heterocycles. The minimum Gasteiger partial charge on any atom is -0.550 e. The highest BCUT2D eigenvalue weighted by Crippen LogP contribution is 2.24. The Hall–Kier alpha value is -1.32. The van der Waals surface area contributed by atoms with Gasteiger partial charge >= 0.3 is 5.97 Å². The summed E-state index contributed by atoms with van der Waals surface area (Å²) in [7, 11) is 0. The van der Waals surface area contributed by atoms with Gasteiger partial charge in [-0.25, -0.2) is 0 Å². The number of hydrogen-bond donors (Lipinski definition) is 1. The fourth-order valence-corrected chi connectivity index (χ4v) is 1.81. The van der Waals surface area contributed by atoms with Crippen molar-refractivity contribution in [1.82, 2.24) is 0 Å². The van der Waals surface area contributed by atoms with E-state index in [2.05, 4.69) is 0 Å². The fraction of sp³-hybridized carbons (Fsp3) is 0.692. The Labute approximate surface area is 102 Å². The molecule has 17 heavy (non-hydrogen) atoms. The summed E-state index contributed by atoms with van der Waals surface area (Å²) in [6, 6.07) is 0. The fourth-order valence-electron chi connectivity index (χ4n) is 1.81. The third-order valence-corrected chi connectivity index (χ3v) is 2.65. The van der Waals surface area contributed by atoms with Gasteiger partial charge in [0.05, 0.1) is 5.92 Å². The second kappa shape index (κ2) is 7.09. The second-order valence-electron chi connectivity index (χ2n) is 4.94. The summed E-state index contributed by atoms with van der Waals surface area (Å²) in [5, 5.41) is 20.1. The Morgan fingerprint density at radius 2 is 1.76 bits per heavy atom. The van der Waals surface area contributed by atoms with Crippen LogP contribution in [0.2, 0.25) is 0 Å².